The van der Waals surface area contributed by atoms with Gasteiger partial charge in [0, 0.05) is 19.3 Å². The van der Waals surface area contributed by atoms with Gasteiger partial charge in [0.05, 0.1) is 0 Å². The molecule has 404 valence electrons. The van der Waals surface area contributed by atoms with Gasteiger partial charge in [-0.25, -0.2) is 0 Å². The fourth-order valence-corrected chi connectivity index (χ4v) is 9.00. The van der Waals surface area contributed by atoms with Gasteiger partial charge in [0.25, 0.3) is 0 Å². The molecule has 0 aliphatic rings. The van der Waals surface area contributed by atoms with Crippen molar-refractivity contribution in [2.24, 2.45) is 0 Å². The first-order chi connectivity index (χ1) is 34.0. The number of rotatable bonds is 56. The van der Waals surface area contributed by atoms with Crippen molar-refractivity contribution in [2.75, 3.05) is 13.2 Å². The minimum absolute atomic E-state index is 0.0714. The second-order valence-electron chi connectivity index (χ2n) is 20.6. The van der Waals surface area contributed by atoms with Crippen LogP contribution in [0.3, 0.4) is 0 Å². The molecule has 0 aromatic heterocycles. The highest BCUT2D eigenvalue weighted by atomic mass is 16.6. The van der Waals surface area contributed by atoms with Gasteiger partial charge < -0.3 is 14.2 Å². The molecule has 0 fully saturated rings. The third-order valence-electron chi connectivity index (χ3n) is 13.6. The number of allylic oxidation sites excluding steroid dienone is 6. The highest BCUT2D eigenvalue weighted by Gasteiger charge is 2.19. The van der Waals surface area contributed by atoms with E-state index in [1.54, 1.807) is 0 Å². The Balaban J connectivity index is 3.88. The number of esters is 3. The third kappa shape index (κ3) is 56.4. The van der Waals surface area contributed by atoms with E-state index in [0.717, 1.165) is 70.6 Å². The maximum atomic E-state index is 12.7. The van der Waals surface area contributed by atoms with Crippen LogP contribution in [0.25, 0.3) is 0 Å². The molecule has 6 nitrogen and oxygen atoms in total. The molecule has 0 saturated carbocycles. The maximum Gasteiger partial charge on any atom is 0.306 e. The van der Waals surface area contributed by atoms with E-state index >= 15 is 0 Å². The van der Waals surface area contributed by atoms with E-state index in [4.69, 9.17) is 14.2 Å². The Morgan fingerprint density at radius 2 is 0.522 bits per heavy atom. The predicted octanol–water partition coefficient (Wildman–Crippen LogP) is 20.4. The summed E-state index contributed by atoms with van der Waals surface area (Å²) in [4.78, 5) is 37.8. The molecule has 69 heavy (non-hydrogen) atoms. The summed E-state index contributed by atoms with van der Waals surface area (Å²) in [5.41, 5.74) is 0. The van der Waals surface area contributed by atoms with Crippen molar-refractivity contribution in [3.05, 3.63) is 36.5 Å². The summed E-state index contributed by atoms with van der Waals surface area (Å²) in [6, 6.07) is 0. The molecule has 6 heteroatoms. The van der Waals surface area contributed by atoms with Gasteiger partial charge in [0.2, 0.25) is 0 Å². The first-order valence-corrected chi connectivity index (χ1v) is 30.5. The molecule has 0 aromatic carbocycles. The normalized spacial score (nSPS) is 12.2. The Hall–Kier alpha value is -2.37. The van der Waals surface area contributed by atoms with E-state index in [0.29, 0.717) is 19.3 Å². The van der Waals surface area contributed by atoms with Crippen LogP contribution in [-0.4, -0.2) is 37.2 Å². The fraction of sp³-hybridized carbons (Fsp3) is 0.857. The predicted molar refractivity (Wildman–Crippen MR) is 298 cm³/mol. The van der Waals surface area contributed by atoms with Crippen LogP contribution < -0.4 is 0 Å². The van der Waals surface area contributed by atoms with Crippen LogP contribution in [0.2, 0.25) is 0 Å². The molecule has 1 atom stereocenters. The summed E-state index contributed by atoms with van der Waals surface area (Å²) in [7, 11) is 0. The van der Waals surface area contributed by atoms with Crippen LogP contribution in [0.1, 0.15) is 329 Å². The second-order valence-corrected chi connectivity index (χ2v) is 20.6. The number of ether oxygens (including phenoxy) is 3. The molecular weight excluding hydrogens is 853 g/mol. The number of unbranched alkanes of at least 4 members (excludes halogenated alkanes) is 39. The van der Waals surface area contributed by atoms with Crippen molar-refractivity contribution < 1.29 is 28.6 Å². The van der Waals surface area contributed by atoms with Crippen molar-refractivity contribution in [1.82, 2.24) is 0 Å². The Kier molecular flexibility index (Phi) is 56.2. The zero-order valence-corrected chi connectivity index (χ0v) is 46.3. The second kappa shape index (κ2) is 58.2. The van der Waals surface area contributed by atoms with E-state index in [-0.39, 0.29) is 31.1 Å². The maximum absolute atomic E-state index is 12.7. The van der Waals surface area contributed by atoms with Gasteiger partial charge in [-0.2, -0.15) is 0 Å². The topological polar surface area (TPSA) is 78.9 Å². The number of carbonyl (C=O) groups is 3. The SMILES string of the molecule is CCCCC/C=C\CCCCCCCC(=O)OC(COC(=O)CCCCCCCC)COC(=O)CCCCCCCCCCCCCCCCCCCCCCC/C=C\C/C=C\CCCCCCC. The van der Waals surface area contributed by atoms with Gasteiger partial charge in [-0.15, -0.1) is 0 Å². The Morgan fingerprint density at radius 1 is 0.290 bits per heavy atom. The van der Waals surface area contributed by atoms with Crippen LogP contribution in [0.4, 0.5) is 0 Å². The minimum atomic E-state index is -0.769. The summed E-state index contributed by atoms with van der Waals surface area (Å²) in [6.07, 6.45) is 70.6. The summed E-state index contributed by atoms with van der Waals surface area (Å²) in [6.45, 7) is 6.57. The fourth-order valence-electron chi connectivity index (χ4n) is 9.00. The summed E-state index contributed by atoms with van der Waals surface area (Å²) < 4.78 is 16.7. The van der Waals surface area contributed by atoms with E-state index in [1.165, 1.54) is 218 Å². The Labute approximate surface area is 429 Å². The smallest absolute Gasteiger partial charge is 0.306 e. The van der Waals surface area contributed by atoms with Crippen LogP contribution >= 0.6 is 0 Å². The van der Waals surface area contributed by atoms with Gasteiger partial charge in [0.1, 0.15) is 13.2 Å². The monoisotopic (exact) mass is 969 g/mol. The van der Waals surface area contributed by atoms with Crippen molar-refractivity contribution in [3.8, 4) is 0 Å². The Bertz CT molecular complexity index is 1160. The minimum Gasteiger partial charge on any atom is -0.462 e. The lowest BCUT2D eigenvalue weighted by Gasteiger charge is -2.18. The van der Waals surface area contributed by atoms with Gasteiger partial charge in [-0.1, -0.05) is 269 Å². The average Bonchev–Trinajstić information content (AvgIpc) is 3.35. The highest BCUT2D eigenvalue weighted by molar-refractivity contribution is 5.71. The number of hydrogen-bond acceptors (Lipinski definition) is 6. The van der Waals surface area contributed by atoms with Crippen molar-refractivity contribution in [2.45, 2.75) is 335 Å². The van der Waals surface area contributed by atoms with Crippen LogP contribution in [0, 0.1) is 0 Å². The van der Waals surface area contributed by atoms with E-state index in [1.807, 2.05) is 0 Å². The van der Waals surface area contributed by atoms with Gasteiger partial charge in [-0.05, 0) is 77.0 Å². The third-order valence-corrected chi connectivity index (χ3v) is 13.6. The molecule has 0 heterocycles. The zero-order chi connectivity index (χ0) is 50.0. The highest BCUT2D eigenvalue weighted by Crippen LogP contribution is 2.17. The average molecular weight is 970 g/mol. The summed E-state index contributed by atoms with van der Waals surface area (Å²) in [5.74, 6) is -0.876. The summed E-state index contributed by atoms with van der Waals surface area (Å²) >= 11 is 0. The lowest BCUT2D eigenvalue weighted by atomic mass is 10.0. The zero-order valence-electron chi connectivity index (χ0n) is 46.3. The molecule has 1 unspecified atom stereocenters. The molecule has 0 aliphatic carbocycles. The molecule has 0 amide bonds. The summed E-state index contributed by atoms with van der Waals surface area (Å²) in [5, 5.41) is 0. The molecule has 0 spiro atoms. The van der Waals surface area contributed by atoms with Crippen LogP contribution in [0.15, 0.2) is 36.5 Å². The number of hydrogen-bond donors (Lipinski definition) is 0. The van der Waals surface area contributed by atoms with Crippen LogP contribution in [-0.2, 0) is 28.6 Å². The van der Waals surface area contributed by atoms with Gasteiger partial charge in [-0.3, -0.25) is 14.4 Å². The van der Waals surface area contributed by atoms with Crippen molar-refractivity contribution in [3.63, 3.8) is 0 Å². The quantitative estimate of drug-likeness (QED) is 0.0261. The van der Waals surface area contributed by atoms with Crippen molar-refractivity contribution in [1.29, 1.82) is 0 Å². The first kappa shape index (κ1) is 66.6. The number of carbonyl (C=O) groups excluding carboxylic acids is 3. The van der Waals surface area contributed by atoms with E-state index in [9.17, 15) is 14.4 Å². The largest absolute Gasteiger partial charge is 0.462 e. The van der Waals surface area contributed by atoms with Crippen molar-refractivity contribution >= 4 is 17.9 Å². The first-order valence-electron chi connectivity index (χ1n) is 30.5. The van der Waals surface area contributed by atoms with Gasteiger partial charge in [0.15, 0.2) is 6.10 Å². The molecule has 0 N–H and O–H groups in total. The Morgan fingerprint density at radius 3 is 0.841 bits per heavy atom. The van der Waals surface area contributed by atoms with Gasteiger partial charge >= 0.3 is 17.9 Å². The lowest BCUT2D eigenvalue weighted by molar-refractivity contribution is -0.167. The van der Waals surface area contributed by atoms with E-state index in [2.05, 4.69) is 57.2 Å². The molecule has 0 bridgehead atoms. The molecule has 0 rings (SSSR count). The molecule has 0 aromatic rings. The standard InChI is InChI=1S/C63H116O6/c1-4-7-10-13-16-18-20-22-23-24-25-26-27-28-29-30-31-32-33-34-35-36-37-38-39-40-41-42-44-45-47-50-53-56-62(65)68-59-60(58-67-61(64)55-52-49-15-12-9-6-3)69-63(66)57-54-51-48-46-43-21-19-17-14-11-8-5-2/h17,19-20,22,24-25,60H,4-16,18,21,23,26-59H2,1-3H3/b19-17-,22-20-,25-24-. The molecule has 0 radical (unpaired) electrons. The van der Waals surface area contributed by atoms with E-state index < -0.39 is 6.10 Å². The molecule has 0 saturated heterocycles. The van der Waals surface area contributed by atoms with Crippen LogP contribution in [0.5, 0.6) is 0 Å². The molecular formula is C63H116O6. The molecule has 0 aliphatic heterocycles. The lowest BCUT2D eigenvalue weighted by Crippen LogP contribution is -2.30.